The van der Waals surface area contributed by atoms with Gasteiger partial charge >= 0.3 is 0 Å². The highest BCUT2D eigenvalue weighted by molar-refractivity contribution is 6.42. The molecule has 0 bridgehead atoms. The second-order valence-corrected chi connectivity index (χ2v) is 8.12. The molecule has 10 heteroatoms. The van der Waals surface area contributed by atoms with Gasteiger partial charge in [-0.25, -0.2) is 0 Å². The van der Waals surface area contributed by atoms with Crippen LogP contribution in [0.5, 0.6) is 0 Å². The maximum atomic E-state index is 12.8. The maximum absolute atomic E-state index is 12.8. The summed E-state index contributed by atoms with van der Waals surface area (Å²) in [7, 11) is 1.57. The van der Waals surface area contributed by atoms with Gasteiger partial charge in [0.25, 0.3) is 11.8 Å². The predicted molar refractivity (Wildman–Crippen MR) is 108 cm³/mol. The molecule has 2 aliphatic rings. The van der Waals surface area contributed by atoms with Crippen molar-refractivity contribution in [3.8, 4) is 0 Å². The Morgan fingerprint density at radius 3 is 2.66 bits per heavy atom. The number of hydrogen-bond donors (Lipinski definition) is 1. The first-order valence-electron chi connectivity index (χ1n) is 9.26. The lowest BCUT2D eigenvalue weighted by Gasteiger charge is -2.45. The third-order valence-corrected chi connectivity index (χ3v) is 5.94. The van der Waals surface area contributed by atoms with E-state index in [9.17, 15) is 19.9 Å². The van der Waals surface area contributed by atoms with Crippen molar-refractivity contribution in [2.45, 2.75) is 6.54 Å². The molecule has 1 saturated heterocycles. The number of rotatable bonds is 6. The Morgan fingerprint density at radius 2 is 2.00 bits per heavy atom. The van der Waals surface area contributed by atoms with Gasteiger partial charge in [-0.15, -0.1) is 0 Å². The standard InChI is InChI=1S/C19H23Cl2N3O5/c1-22(11-13-2-3-15(20)16(21)10-13)18(26)14-12-23(19(27)17(14)25)4-5-24(28)6-8-29-9-7-24/h2-3,10,25H,4-9,11-12H2,1H3. The number of benzene rings is 1. The minimum atomic E-state index is -0.629. The molecule has 0 radical (unpaired) electrons. The summed E-state index contributed by atoms with van der Waals surface area (Å²) in [5, 5.41) is 23.6. The van der Waals surface area contributed by atoms with Gasteiger partial charge in [-0.05, 0) is 17.7 Å². The molecule has 2 amide bonds. The number of ether oxygens (including phenoxy) is 1. The fourth-order valence-corrected chi connectivity index (χ4v) is 3.70. The molecule has 3 rings (SSSR count). The summed E-state index contributed by atoms with van der Waals surface area (Å²) in [4.78, 5) is 27.8. The highest BCUT2D eigenvalue weighted by Crippen LogP contribution is 2.24. The van der Waals surface area contributed by atoms with E-state index in [4.69, 9.17) is 27.9 Å². The Balaban J connectivity index is 1.61. The Bertz CT molecular complexity index is 839. The van der Waals surface area contributed by atoms with E-state index >= 15 is 0 Å². The van der Waals surface area contributed by atoms with Gasteiger partial charge in [-0.3, -0.25) is 9.59 Å². The monoisotopic (exact) mass is 443 g/mol. The Morgan fingerprint density at radius 1 is 1.31 bits per heavy atom. The van der Waals surface area contributed by atoms with Crippen molar-refractivity contribution >= 4 is 35.0 Å². The van der Waals surface area contributed by atoms with Crippen LogP contribution in [0.4, 0.5) is 0 Å². The number of hydrogen-bond acceptors (Lipinski definition) is 5. The predicted octanol–water partition coefficient (Wildman–Crippen LogP) is 1.95. The van der Waals surface area contributed by atoms with Crippen LogP contribution >= 0.6 is 23.2 Å². The summed E-state index contributed by atoms with van der Waals surface area (Å²) in [5.74, 6) is -1.65. The van der Waals surface area contributed by atoms with Gasteiger partial charge in [0.15, 0.2) is 5.76 Å². The van der Waals surface area contributed by atoms with Crippen LogP contribution < -0.4 is 0 Å². The summed E-state index contributed by atoms with van der Waals surface area (Å²) in [6.07, 6.45) is 0. The number of morpholine rings is 1. The second-order valence-electron chi connectivity index (χ2n) is 7.30. The molecular weight excluding hydrogens is 421 g/mol. The molecule has 0 unspecified atom stereocenters. The lowest BCUT2D eigenvalue weighted by atomic mass is 10.2. The first-order chi connectivity index (χ1) is 13.7. The number of amides is 2. The van der Waals surface area contributed by atoms with Crippen LogP contribution in [0, 0.1) is 5.21 Å². The average Bonchev–Trinajstić information content (AvgIpc) is 2.97. The Hall–Kier alpha value is -1.84. The van der Waals surface area contributed by atoms with Crippen molar-refractivity contribution in [2.75, 3.05) is 53.0 Å². The van der Waals surface area contributed by atoms with Crippen LogP contribution in [-0.2, 0) is 20.9 Å². The van der Waals surface area contributed by atoms with E-state index in [1.54, 1.807) is 25.2 Å². The van der Waals surface area contributed by atoms with E-state index in [0.717, 1.165) is 5.56 Å². The number of aliphatic hydroxyl groups is 1. The van der Waals surface area contributed by atoms with Gasteiger partial charge in [0, 0.05) is 13.6 Å². The number of carbonyl (C=O) groups excluding carboxylic acids is 2. The zero-order chi connectivity index (χ0) is 21.2. The van der Waals surface area contributed by atoms with Gasteiger partial charge in [0.2, 0.25) is 0 Å². The molecule has 158 valence electrons. The fourth-order valence-electron chi connectivity index (χ4n) is 3.38. The zero-order valence-corrected chi connectivity index (χ0v) is 17.6. The van der Waals surface area contributed by atoms with Crippen LogP contribution in [0.15, 0.2) is 29.5 Å². The minimum absolute atomic E-state index is 0.0221. The molecule has 1 aromatic rings. The van der Waals surface area contributed by atoms with Crippen molar-refractivity contribution < 1.29 is 24.1 Å². The van der Waals surface area contributed by atoms with Crippen molar-refractivity contribution in [1.82, 2.24) is 9.80 Å². The molecular formula is C19H23Cl2N3O5. The largest absolute Gasteiger partial charge is 0.633 e. The van der Waals surface area contributed by atoms with Crippen molar-refractivity contribution in [2.24, 2.45) is 0 Å². The molecule has 0 aliphatic carbocycles. The van der Waals surface area contributed by atoms with Gasteiger partial charge in [0.05, 0.1) is 48.5 Å². The van der Waals surface area contributed by atoms with Crippen LogP contribution in [-0.4, -0.2) is 84.4 Å². The van der Waals surface area contributed by atoms with Gasteiger partial charge in [-0.1, -0.05) is 29.3 Å². The first-order valence-corrected chi connectivity index (χ1v) is 10.0. The molecule has 0 aromatic heterocycles. The van der Waals surface area contributed by atoms with Crippen molar-refractivity contribution in [3.63, 3.8) is 0 Å². The smallest absolute Gasteiger partial charge is 0.289 e. The summed E-state index contributed by atoms with van der Waals surface area (Å²) < 4.78 is 4.76. The molecule has 1 fully saturated rings. The quantitative estimate of drug-likeness (QED) is 0.535. The van der Waals surface area contributed by atoms with E-state index < -0.39 is 22.2 Å². The molecule has 0 saturated carbocycles. The van der Waals surface area contributed by atoms with Gasteiger partial charge in [-0.2, -0.15) is 0 Å². The molecule has 1 aromatic carbocycles. The van der Waals surface area contributed by atoms with Gasteiger partial charge < -0.3 is 29.5 Å². The third kappa shape index (κ3) is 5.02. The number of aliphatic hydroxyl groups excluding tert-OH is 1. The Kier molecular flexibility index (Phi) is 6.70. The molecule has 2 aliphatic heterocycles. The SMILES string of the molecule is CN(Cc1ccc(Cl)c(Cl)c1)C(=O)C1=C(O)C(=O)N(CC[N+]2([O-])CCOCC2)C1. The van der Waals surface area contributed by atoms with E-state index in [2.05, 4.69) is 0 Å². The van der Waals surface area contributed by atoms with E-state index in [0.29, 0.717) is 36.3 Å². The number of nitrogens with zero attached hydrogens (tertiary/aromatic N) is 3. The highest BCUT2D eigenvalue weighted by Gasteiger charge is 2.36. The molecule has 8 nitrogen and oxygen atoms in total. The van der Waals surface area contributed by atoms with Crippen LogP contribution in [0.25, 0.3) is 0 Å². The van der Waals surface area contributed by atoms with Crippen LogP contribution in [0.1, 0.15) is 5.56 Å². The normalized spacial score (nSPS) is 19.0. The topological polar surface area (TPSA) is 93.1 Å². The molecule has 1 N–H and O–H groups in total. The third-order valence-electron chi connectivity index (χ3n) is 5.20. The summed E-state index contributed by atoms with van der Waals surface area (Å²) in [6, 6.07) is 5.05. The van der Waals surface area contributed by atoms with E-state index in [1.807, 2.05) is 0 Å². The Labute approximate surface area is 179 Å². The number of quaternary nitrogens is 1. The van der Waals surface area contributed by atoms with E-state index in [-0.39, 0.29) is 31.8 Å². The molecule has 2 heterocycles. The van der Waals surface area contributed by atoms with Crippen LogP contribution in [0.3, 0.4) is 0 Å². The lowest BCUT2D eigenvalue weighted by molar-refractivity contribution is -0.888. The number of hydroxylamine groups is 3. The average molecular weight is 444 g/mol. The maximum Gasteiger partial charge on any atom is 0.289 e. The molecule has 0 spiro atoms. The van der Waals surface area contributed by atoms with Crippen molar-refractivity contribution in [1.29, 1.82) is 0 Å². The number of halogens is 2. The first kappa shape index (κ1) is 21.9. The number of likely N-dealkylation sites (N-methyl/N-ethyl adjacent to an activating group) is 1. The zero-order valence-electron chi connectivity index (χ0n) is 16.1. The summed E-state index contributed by atoms with van der Waals surface area (Å²) in [6.45, 7) is 2.03. The van der Waals surface area contributed by atoms with Crippen molar-refractivity contribution in [3.05, 3.63) is 50.3 Å². The lowest BCUT2D eigenvalue weighted by Crippen LogP contribution is -2.53. The van der Waals surface area contributed by atoms with Gasteiger partial charge in [0.1, 0.15) is 13.1 Å². The molecule has 29 heavy (non-hydrogen) atoms. The highest BCUT2D eigenvalue weighted by atomic mass is 35.5. The minimum Gasteiger partial charge on any atom is -0.633 e. The second kappa shape index (κ2) is 8.89. The molecule has 0 atom stereocenters. The summed E-state index contributed by atoms with van der Waals surface area (Å²) >= 11 is 11.9. The number of carbonyl (C=O) groups is 2. The fraction of sp³-hybridized carbons (Fsp3) is 0.474. The summed E-state index contributed by atoms with van der Waals surface area (Å²) in [5.41, 5.74) is 0.790. The van der Waals surface area contributed by atoms with E-state index in [1.165, 1.54) is 9.80 Å². The van der Waals surface area contributed by atoms with Crippen LogP contribution in [0.2, 0.25) is 10.0 Å².